The van der Waals surface area contributed by atoms with Crippen molar-refractivity contribution in [3.63, 3.8) is 0 Å². The number of ether oxygens (including phenoxy) is 1. The molecule has 0 saturated heterocycles. The van der Waals surface area contributed by atoms with Crippen LogP contribution in [0.4, 0.5) is 0 Å². The van der Waals surface area contributed by atoms with Crippen molar-refractivity contribution < 1.29 is 53.8 Å². The summed E-state index contributed by atoms with van der Waals surface area (Å²) < 4.78 is 5.05. The van der Waals surface area contributed by atoms with Gasteiger partial charge in [0, 0.05) is 6.92 Å². The summed E-state index contributed by atoms with van der Waals surface area (Å²) in [5.41, 5.74) is -1.15. The SMILES string of the molecule is CC(=O)OC1CCCCC1.CCCC(C)C1(CC)C(=O)N=C([O-])NC1=O.[Na+]. The molecule has 1 saturated carbocycles. The third-order valence-corrected chi connectivity index (χ3v) is 5.22. The number of amidine groups is 1. The van der Waals surface area contributed by atoms with Crippen LogP contribution in [0.15, 0.2) is 4.99 Å². The van der Waals surface area contributed by atoms with E-state index in [4.69, 9.17) is 4.74 Å². The number of hydrogen-bond donors (Lipinski definition) is 1. The molecular weight excluding hydrogens is 359 g/mol. The summed E-state index contributed by atoms with van der Waals surface area (Å²) in [5.74, 6) is -1.33. The molecule has 1 aliphatic carbocycles. The average molecular weight is 390 g/mol. The summed E-state index contributed by atoms with van der Waals surface area (Å²) in [5, 5.41) is 13.1. The Balaban J connectivity index is 0.000000531. The average Bonchev–Trinajstić information content (AvgIpc) is 2.56. The normalized spacial score (nSPS) is 23.8. The van der Waals surface area contributed by atoms with Gasteiger partial charge in [0.2, 0.25) is 5.91 Å². The molecule has 7 nitrogen and oxygen atoms in total. The third-order valence-electron chi connectivity index (χ3n) is 5.22. The van der Waals surface area contributed by atoms with Gasteiger partial charge in [0.25, 0.3) is 5.91 Å². The van der Waals surface area contributed by atoms with Crippen molar-refractivity contribution in [3.8, 4) is 0 Å². The summed E-state index contributed by atoms with van der Waals surface area (Å²) in [6.45, 7) is 7.10. The largest absolute Gasteiger partial charge is 1.00 e. The number of rotatable bonds is 5. The monoisotopic (exact) mass is 390 g/mol. The number of esters is 1. The van der Waals surface area contributed by atoms with E-state index in [1.54, 1.807) is 6.92 Å². The Hall–Kier alpha value is -0.920. The second-order valence-corrected chi connectivity index (χ2v) is 7.06. The number of nitrogens with zero attached hydrogens (tertiary/aromatic N) is 1. The van der Waals surface area contributed by atoms with E-state index in [-0.39, 0.29) is 47.5 Å². The maximum Gasteiger partial charge on any atom is 1.00 e. The molecule has 27 heavy (non-hydrogen) atoms. The molecule has 0 bridgehead atoms. The molecule has 2 unspecified atom stereocenters. The molecular formula is C19H31N2NaO5. The van der Waals surface area contributed by atoms with Crippen molar-refractivity contribution >= 4 is 23.8 Å². The van der Waals surface area contributed by atoms with Crippen LogP contribution in [0.1, 0.15) is 79.1 Å². The second kappa shape index (κ2) is 12.5. The van der Waals surface area contributed by atoms with Crippen molar-refractivity contribution in [1.82, 2.24) is 5.32 Å². The Bertz CT molecular complexity index is 546. The molecule has 0 aromatic rings. The first kappa shape index (κ1) is 26.1. The van der Waals surface area contributed by atoms with E-state index in [0.717, 1.165) is 25.7 Å². The molecule has 2 aliphatic rings. The van der Waals surface area contributed by atoms with Gasteiger partial charge in [-0.2, -0.15) is 0 Å². The molecule has 0 aromatic heterocycles. The first-order chi connectivity index (χ1) is 12.3. The molecule has 0 radical (unpaired) electrons. The van der Waals surface area contributed by atoms with Crippen LogP contribution in [0.2, 0.25) is 0 Å². The number of carbonyl (C=O) groups excluding carboxylic acids is 3. The van der Waals surface area contributed by atoms with E-state index in [9.17, 15) is 19.5 Å². The molecule has 0 aromatic carbocycles. The molecule has 148 valence electrons. The Morgan fingerprint density at radius 1 is 1.30 bits per heavy atom. The van der Waals surface area contributed by atoms with E-state index in [0.29, 0.717) is 6.42 Å². The zero-order valence-corrected chi connectivity index (χ0v) is 19.3. The van der Waals surface area contributed by atoms with Gasteiger partial charge < -0.3 is 15.2 Å². The second-order valence-electron chi connectivity index (χ2n) is 7.06. The Morgan fingerprint density at radius 2 is 1.89 bits per heavy atom. The predicted molar refractivity (Wildman–Crippen MR) is 96.0 cm³/mol. The summed E-state index contributed by atoms with van der Waals surface area (Å²) in [6, 6.07) is -0.845. The fourth-order valence-corrected chi connectivity index (χ4v) is 3.72. The van der Waals surface area contributed by atoms with Crippen molar-refractivity contribution in [1.29, 1.82) is 0 Å². The summed E-state index contributed by atoms with van der Waals surface area (Å²) in [6.07, 6.45) is 8.13. The predicted octanol–water partition coefficient (Wildman–Crippen LogP) is -0.922. The van der Waals surface area contributed by atoms with Crippen LogP contribution in [-0.4, -0.2) is 29.9 Å². The van der Waals surface area contributed by atoms with Crippen LogP contribution in [-0.2, 0) is 19.1 Å². The number of amides is 2. The first-order valence-electron chi connectivity index (χ1n) is 9.56. The van der Waals surface area contributed by atoms with Gasteiger partial charge in [-0.05, 0) is 44.4 Å². The molecule has 8 heteroatoms. The number of aliphatic imine (C=N–C) groups is 1. The number of hydrogen-bond acceptors (Lipinski definition) is 5. The van der Waals surface area contributed by atoms with Crippen LogP contribution in [0.3, 0.4) is 0 Å². The van der Waals surface area contributed by atoms with Gasteiger partial charge in [0.15, 0.2) is 0 Å². The minimum absolute atomic E-state index is 0. The quantitative estimate of drug-likeness (QED) is 0.371. The Morgan fingerprint density at radius 3 is 2.33 bits per heavy atom. The van der Waals surface area contributed by atoms with Crippen LogP contribution >= 0.6 is 0 Å². The van der Waals surface area contributed by atoms with Gasteiger partial charge in [-0.15, -0.1) is 0 Å². The first-order valence-corrected chi connectivity index (χ1v) is 9.56. The minimum Gasteiger partial charge on any atom is -0.846 e. The third kappa shape index (κ3) is 7.20. The zero-order chi connectivity index (χ0) is 19.7. The van der Waals surface area contributed by atoms with Gasteiger partial charge in [-0.25, -0.2) is 4.99 Å². The topological polar surface area (TPSA) is 108 Å². The van der Waals surface area contributed by atoms with E-state index in [1.165, 1.54) is 26.2 Å². The minimum atomic E-state index is -1.15. The van der Waals surface area contributed by atoms with Crippen molar-refractivity contribution in [2.75, 3.05) is 0 Å². The van der Waals surface area contributed by atoms with E-state index in [2.05, 4.69) is 10.3 Å². The van der Waals surface area contributed by atoms with Crippen LogP contribution in [0, 0.1) is 11.3 Å². The fraction of sp³-hybridized carbons (Fsp3) is 0.789. The van der Waals surface area contributed by atoms with Gasteiger partial charge in [-0.3, -0.25) is 14.4 Å². The van der Waals surface area contributed by atoms with Crippen molar-refractivity contribution in [2.45, 2.75) is 85.2 Å². The summed E-state index contributed by atoms with van der Waals surface area (Å²) in [4.78, 5) is 37.5. The standard InChI is InChI=1S/C11H18N2O3.C8H14O2.Na/c1-4-6-7(3)11(5-2)8(14)12-10(16)13-9(11)15;1-7(9)10-8-5-3-2-4-6-8;/h7H,4-6H2,1-3H3,(H2,12,13,14,15,16);8H,2-6H2,1H3;/q;;+1/p-1. The van der Waals surface area contributed by atoms with Crippen LogP contribution in [0.5, 0.6) is 0 Å². The van der Waals surface area contributed by atoms with Gasteiger partial charge in [0.1, 0.15) is 11.5 Å². The van der Waals surface area contributed by atoms with Crippen molar-refractivity contribution in [2.24, 2.45) is 16.3 Å². The van der Waals surface area contributed by atoms with Gasteiger partial charge in [0.05, 0.1) is 6.02 Å². The molecule has 2 rings (SSSR count). The summed E-state index contributed by atoms with van der Waals surface area (Å²) >= 11 is 0. The number of carbonyl (C=O) groups is 3. The van der Waals surface area contributed by atoms with Gasteiger partial charge >= 0.3 is 35.5 Å². The smallest absolute Gasteiger partial charge is 0.846 e. The van der Waals surface area contributed by atoms with E-state index in [1.807, 2.05) is 13.8 Å². The fourth-order valence-electron chi connectivity index (χ4n) is 3.72. The molecule has 2 amide bonds. The Kier molecular flexibility index (Phi) is 12.1. The Labute approximate surface area is 184 Å². The number of nitrogens with one attached hydrogen (secondary N) is 1. The maximum atomic E-state index is 11.9. The van der Waals surface area contributed by atoms with E-state index >= 15 is 0 Å². The summed E-state index contributed by atoms with van der Waals surface area (Å²) in [7, 11) is 0. The zero-order valence-electron chi connectivity index (χ0n) is 17.3. The van der Waals surface area contributed by atoms with Crippen LogP contribution < -0.4 is 40.0 Å². The molecule has 1 aliphatic heterocycles. The maximum absolute atomic E-state index is 11.9. The van der Waals surface area contributed by atoms with Crippen molar-refractivity contribution in [3.05, 3.63) is 0 Å². The van der Waals surface area contributed by atoms with E-state index < -0.39 is 23.3 Å². The molecule has 1 N–H and O–H groups in total. The molecule has 2 atom stereocenters. The van der Waals surface area contributed by atoms with Gasteiger partial charge in [-0.1, -0.05) is 33.6 Å². The molecule has 1 heterocycles. The molecule has 1 fully saturated rings. The van der Waals surface area contributed by atoms with Crippen LogP contribution in [0.25, 0.3) is 0 Å². The molecule has 0 spiro atoms.